The second-order valence-corrected chi connectivity index (χ2v) is 7.27. The third kappa shape index (κ3) is 5.34. The summed E-state index contributed by atoms with van der Waals surface area (Å²) in [6, 6.07) is 12.2. The second kappa shape index (κ2) is 8.77. The number of amides is 3. The van der Waals surface area contributed by atoms with Crippen LogP contribution in [0.15, 0.2) is 42.5 Å². The van der Waals surface area contributed by atoms with Crippen LogP contribution in [-0.4, -0.2) is 23.8 Å². The lowest BCUT2D eigenvalue weighted by Gasteiger charge is -2.18. The molecule has 1 saturated carbocycles. The molecule has 3 N–H and O–H groups in total. The van der Waals surface area contributed by atoms with E-state index in [2.05, 4.69) is 16.2 Å². The van der Waals surface area contributed by atoms with Crippen LogP contribution in [0.25, 0.3) is 0 Å². The third-order valence-corrected chi connectivity index (χ3v) is 4.73. The fourth-order valence-corrected chi connectivity index (χ4v) is 2.80. The van der Waals surface area contributed by atoms with E-state index in [0.29, 0.717) is 17.0 Å². The Bertz CT molecular complexity index is 900. The van der Waals surface area contributed by atoms with Gasteiger partial charge >= 0.3 is 0 Å². The number of hydrazine groups is 1. The Hall–Kier alpha value is -3.35. The first-order chi connectivity index (χ1) is 13.8. The van der Waals surface area contributed by atoms with Gasteiger partial charge in [0.05, 0.1) is 0 Å². The molecule has 7 heteroatoms. The average Bonchev–Trinajstić information content (AvgIpc) is 3.54. The van der Waals surface area contributed by atoms with Gasteiger partial charge in [0, 0.05) is 17.2 Å². The van der Waals surface area contributed by atoms with Gasteiger partial charge in [0.15, 0.2) is 6.10 Å². The molecule has 7 nitrogen and oxygen atoms in total. The highest BCUT2D eigenvalue weighted by Crippen LogP contribution is 2.30. The summed E-state index contributed by atoms with van der Waals surface area (Å²) in [5.41, 5.74) is 7.62. The highest BCUT2D eigenvalue weighted by molar-refractivity contribution is 5.97. The van der Waals surface area contributed by atoms with Crippen molar-refractivity contribution in [2.24, 2.45) is 5.92 Å². The highest BCUT2D eigenvalue weighted by atomic mass is 16.5. The Morgan fingerprint density at radius 2 is 1.59 bits per heavy atom. The minimum atomic E-state index is -0.782. The molecule has 29 heavy (non-hydrogen) atoms. The van der Waals surface area contributed by atoms with Crippen molar-refractivity contribution in [3.8, 4) is 5.75 Å². The lowest BCUT2D eigenvalue weighted by atomic mass is 10.1. The maximum absolute atomic E-state index is 12.3. The van der Waals surface area contributed by atoms with Gasteiger partial charge < -0.3 is 10.1 Å². The fourth-order valence-electron chi connectivity index (χ4n) is 2.80. The highest BCUT2D eigenvalue weighted by Gasteiger charge is 2.29. The van der Waals surface area contributed by atoms with Crippen molar-refractivity contribution in [3.63, 3.8) is 0 Å². The molecule has 1 fully saturated rings. The van der Waals surface area contributed by atoms with Crippen LogP contribution in [-0.2, 0) is 9.59 Å². The fraction of sp³-hybridized carbons (Fsp3) is 0.318. The predicted octanol–water partition coefficient (Wildman–Crippen LogP) is 2.88. The molecule has 3 amide bonds. The van der Waals surface area contributed by atoms with E-state index in [1.807, 2.05) is 32.0 Å². The van der Waals surface area contributed by atoms with Crippen LogP contribution in [0.1, 0.15) is 41.3 Å². The first kappa shape index (κ1) is 20.4. The van der Waals surface area contributed by atoms with E-state index in [9.17, 15) is 14.4 Å². The molecule has 0 spiro atoms. The maximum atomic E-state index is 12.3. The standard InChI is InChI=1S/C22H25N3O4/c1-13-5-4-6-14(2)19(13)29-15(3)20(26)24-25-22(28)17-9-11-18(12-10-17)23-21(27)16-7-8-16/h4-6,9-12,15-16H,7-8H2,1-3H3,(H,23,27)(H,24,26)(H,25,28). The third-order valence-electron chi connectivity index (χ3n) is 4.73. The Labute approximate surface area is 169 Å². The summed E-state index contributed by atoms with van der Waals surface area (Å²) in [5.74, 6) is -0.148. The van der Waals surface area contributed by atoms with Crippen LogP contribution in [0.5, 0.6) is 5.75 Å². The zero-order chi connectivity index (χ0) is 21.0. The number of ether oxygens (including phenoxy) is 1. The van der Waals surface area contributed by atoms with Crippen LogP contribution in [0.3, 0.4) is 0 Å². The number of benzene rings is 2. The monoisotopic (exact) mass is 395 g/mol. The van der Waals surface area contributed by atoms with Crippen molar-refractivity contribution in [2.75, 3.05) is 5.32 Å². The zero-order valence-electron chi connectivity index (χ0n) is 16.7. The number of hydrogen-bond acceptors (Lipinski definition) is 4. The maximum Gasteiger partial charge on any atom is 0.279 e. The van der Waals surface area contributed by atoms with Gasteiger partial charge in [0.25, 0.3) is 11.8 Å². The summed E-state index contributed by atoms with van der Waals surface area (Å²) in [5, 5.41) is 2.81. The van der Waals surface area contributed by atoms with Gasteiger partial charge in [0.2, 0.25) is 5.91 Å². The molecule has 0 aliphatic heterocycles. The van der Waals surface area contributed by atoms with E-state index in [0.717, 1.165) is 24.0 Å². The van der Waals surface area contributed by atoms with E-state index in [1.165, 1.54) is 0 Å². The molecule has 0 radical (unpaired) electrons. The van der Waals surface area contributed by atoms with Crippen molar-refractivity contribution in [1.82, 2.24) is 10.9 Å². The molecular weight excluding hydrogens is 370 g/mol. The SMILES string of the molecule is Cc1cccc(C)c1OC(C)C(=O)NNC(=O)c1ccc(NC(=O)C2CC2)cc1. The van der Waals surface area contributed by atoms with Crippen LogP contribution < -0.4 is 20.9 Å². The molecule has 0 heterocycles. The van der Waals surface area contributed by atoms with Crippen molar-refractivity contribution >= 4 is 23.4 Å². The number of para-hydroxylation sites is 1. The minimum absolute atomic E-state index is 0.00680. The topological polar surface area (TPSA) is 96.5 Å². The molecular formula is C22H25N3O4. The Kier molecular flexibility index (Phi) is 6.16. The molecule has 0 bridgehead atoms. The number of carbonyl (C=O) groups is 3. The molecule has 0 saturated heterocycles. The van der Waals surface area contributed by atoms with E-state index in [-0.39, 0.29) is 11.8 Å². The van der Waals surface area contributed by atoms with E-state index in [1.54, 1.807) is 31.2 Å². The van der Waals surface area contributed by atoms with Gasteiger partial charge in [-0.3, -0.25) is 25.2 Å². The molecule has 1 unspecified atom stereocenters. The molecule has 1 atom stereocenters. The zero-order valence-corrected chi connectivity index (χ0v) is 16.7. The molecule has 0 aromatic heterocycles. The number of rotatable bonds is 6. The first-order valence-electron chi connectivity index (χ1n) is 9.59. The van der Waals surface area contributed by atoms with Crippen LogP contribution >= 0.6 is 0 Å². The van der Waals surface area contributed by atoms with Crippen LogP contribution in [0, 0.1) is 19.8 Å². The van der Waals surface area contributed by atoms with Gasteiger partial charge in [-0.1, -0.05) is 18.2 Å². The Morgan fingerprint density at radius 3 is 2.17 bits per heavy atom. The smallest absolute Gasteiger partial charge is 0.279 e. The van der Waals surface area contributed by atoms with Crippen LogP contribution in [0.4, 0.5) is 5.69 Å². The molecule has 1 aliphatic rings. The summed E-state index contributed by atoms with van der Waals surface area (Å²) in [4.78, 5) is 36.2. The van der Waals surface area contributed by atoms with Crippen LogP contribution in [0.2, 0.25) is 0 Å². The average molecular weight is 395 g/mol. The first-order valence-corrected chi connectivity index (χ1v) is 9.59. The molecule has 2 aromatic rings. The summed E-state index contributed by atoms with van der Waals surface area (Å²) in [6.45, 7) is 5.43. The normalized spacial score (nSPS) is 13.9. The molecule has 1 aliphatic carbocycles. The number of carbonyl (C=O) groups excluding carboxylic acids is 3. The van der Waals surface area contributed by atoms with E-state index < -0.39 is 17.9 Å². The van der Waals surface area contributed by atoms with E-state index >= 15 is 0 Å². The van der Waals surface area contributed by atoms with Crippen molar-refractivity contribution < 1.29 is 19.1 Å². The summed E-state index contributed by atoms with van der Waals surface area (Å²) in [6.07, 6.45) is 1.07. The lowest BCUT2D eigenvalue weighted by molar-refractivity contribution is -0.128. The number of hydrogen-bond donors (Lipinski definition) is 3. The largest absolute Gasteiger partial charge is 0.480 e. The van der Waals surface area contributed by atoms with Crippen molar-refractivity contribution in [1.29, 1.82) is 0 Å². The number of aryl methyl sites for hydroxylation is 2. The van der Waals surface area contributed by atoms with Gasteiger partial charge in [-0.05, 0) is 69.0 Å². The molecule has 2 aromatic carbocycles. The minimum Gasteiger partial charge on any atom is -0.480 e. The lowest BCUT2D eigenvalue weighted by Crippen LogP contribution is -2.47. The van der Waals surface area contributed by atoms with E-state index in [4.69, 9.17) is 4.74 Å². The van der Waals surface area contributed by atoms with Gasteiger partial charge in [-0.2, -0.15) is 0 Å². The van der Waals surface area contributed by atoms with Gasteiger partial charge in [-0.25, -0.2) is 0 Å². The number of nitrogens with one attached hydrogen (secondary N) is 3. The number of anilines is 1. The summed E-state index contributed by atoms with van der Waals surface area (Å²) < 4.78 is 5.75. The molecule has 3 rings (SSSR count). The summed E-state index contributed by atoms with van der Waals surface area (Å²) in [7, 11) is 0. The predicted molar refractivity (Wildman–Crippen MR) is 109 cm³/mol. The second-order valence-electron chi connectivity index (χ2n) is 7.27. The quantitative estimate of drug-likeness (QED) is 0.655. The van der Waals surface area contributed by atoms with Gasteiger partial charge in [0.1, 0.15) is 5.75 Å². The Balaban J connectivity index is 1.50. The van der Waals surface area contributed by atoms with Crippen molar-refractivity contribution in [2.45, 2.75) is 39.7 Å². The molecule has 152 valence electrons. The Morgan fingerprint density at radius 1 is 0.966 bits per heavy atom. The summed E-state index contributed by atoms with van der Waals surface area (Å²) >= 11 is 0. The van der Waals surface area contributed by atoms with Crippen molar-refractivity contribution in [3.05, 3.63) is 59.2 Å². The van der Waals surface area contributed by atoms with Gasteiger partial charge in [-0.15, -0.1) is 0 Å².